The number of nitrogens with one attached hydrogen (secondary N) is 2. The molecule has 0 bridgehead atoms. The van der Waals surface area contributed by atoms with E-state index >= 15 is 0 Å². The van der Waals surface area contributed by atoms with E-state index in [1.807, 2.05) is 50.0 Å². The number of ether oxygens (including phenoxy) is 1. The number of hydrogen-bond donors (Lipinski definition) is 2. The third-order valence-corrected chi connectivity index (χ3v) is 3.54. The Balaban J connectivity index is 0.00000338. The molecule has 0 aliphatic carbocycles. The molecule has 0 radical (unpaired) electrons. The van der Waals surface area contributed by atoms with Crippen LogP contribution in [0.1, 0.15) is 23.6 Å². The smallest absolute Gasteiger partial charge is 0.387 e. The Morgan fingerprint density at radius 1 is 1.27 bits per heavy atom. The van der Waals surface area contributed by atoms with E-state index in [1.165, 1.54) is 0 Å². The van der Waals surface area contributed by atoms with Crippen LogP contribution in [0.5, 0.6) is 5.75 Å². The fraction of sp³-hybridized carbons (Fsp3) is 0.389. The van der Waals surface area contributed by atoms with Gasteiger partial charge in [-0.2, -0.15) is 8.78 Å². The molecule has 0 amide bonds. The minimum atomic E-state index is -2.85. The molecule has 0 fully saturated rings. The van der Waals surface area contributed by atoms with Gasteiger partial charge in [0.1, 0.15) is 5.75 Å². The van der Waals surface area contributed by atoms with E-state index < -0.39 is 6.61 Å². The van der Waals surface area contributed by atoms with Crippen molar-refractivity contribution in [3.8, 4) is 5.75 Å². The molecule has 0 saturated heterocycles. The highest BCUT2D eigenvalue weighted by Crippen LogP contribution is 2.21. The zero-order valence-electron chi connectivity index (χ0n) is 15.1. The van der Waals surface area contributed by atoms with Gasteiger partial charge >= 0.3 is 6.61 Å². The molecule has 144 valence electrons. The summed E-state index contributed by atoms with van der Waals surface area (Å²) in [6.07, 6.45) is 3.97. The van der Waals surface area contributed by atoms with Crippen LogP contribution in [0.4, 0.5) is 8.78 Å². The van der Waals surface area contributed by atoms with Gasteiger partial charge in [0.15, 0.2) is 5.96 Å². The van der Waals surface area contributed by atoms with Crippen LogP contribution < -0.4 is 15.4 Å². The van der Waals surface area contributed by atoms with E-state index in [9.17, 15) is 8.78 Å². The van der Waals surface area contributed by atoms with Crippen molar-refractivity contribution < 1.29 is 13.5 Å². The van der Waals surface area contributed by atoms with Gasteiger partial charge in [-0.15, -0.1) is 24.0 Å². The van der Waals surface area contributed by atoms with Gasteiger partial charge in [0.05, 0.1) is 6.54 Å². The van der Waals surface area contributed by atoms with Gasteiger partial charge in [0.2, 0.25) is 0 Å². The summed E-state index contributed by atoms with van der Waals surface area (Å²) in [7, 11) is 1.96. The molecule has 2 aromatic rings. The maximum absolute atomic E-state index is 12.6. The van der Waals surface area contributed by atoms with Crippen molar-refractivity contribution in [1.82, 2.24) is 15.2 Å². The summed E-state index contributed by atoms with van der Waals surface area (Å²) in [6.45, 7) is 2.60. The Bertz CT molecular complexity index is 719. The minimum absolute atomic E-state index is 0. The normalized spacial score (nSPS) is 11.2. The van der Waals surface area contributed by atoms with E-state index in [4.69, 9.17) is 0 Å². The molecule has 1 heterocycles. The zero-order valence-corrected chi connectivity index (χ0v) is 17.5. The summed E-state index contributed by atoms with van der Waals surface area (Å²) < 4.78 is 31.7. The molecule has 0 unspecified atom stereocenters. The Labute approximate surface area is 169 Å². The molecular formula is C18H25F2IN4O. The van der Waals surface area contributed by atoms with Crippen LogP contribution in [0.25, 0.3) is 0 Å². The molecule has 0 aliphatic rings. The topological polar surface area (TPSA) is 50.6 Å². The third-order valence-electron chi connectivity index (χ3n) is 3.54. The number of guanidine groups is 1. The highest BCUT2D eigenvalue weighted by molar-refractivity contribution is 14.0. The highest BCUT2D eigenvalue weighted by atomic mass is 127. The van der Waals surface area contributed by atoms with E-state index in [0.717, 1.165) is 11.1 Å². The summed E-state index contributed by atoms with van der Waals surface area (Å²) in [5.41, 5.74) is 2.73. The molecule has 26 heavy (non-hydrogen) atoms. The first-order chi connectivity index (χ1) is 12.0. The summed E-state index contributed by atoms with van der Waals surface area (Å²) in [5.74, 6) is 0.794. The maximum atomic E-state index is 12.6. The average Bonchev–Trinajstić information content (AvgIpc) is 2.97. The van der Waals surface area contributed by atoms with Gasteiger partial charge < -0.3 is 19.9 Å². The molecule has 0 aliphatic heterocycles. The SMILES string of the molecule is CCNC(=NCc1ccn(C)c1)NCc1cc(C)ccc1OC(F)F.I. The third kappa shape index (κ3) is 7.19. The number of benzene rings is 1. The van der Waals surface area contributed by atoms with Crippen molar-refractivity contribution in [3.63, 3.8) is 0 Å². The number of hydrogen-bond acceptors (Lipinski definition) is 2. The second-order valence-electron chi connectivity index (χ2n) is 5.72. The van der Waals surface area contributed by atoms with Crippen molar-refractivity contribution >= 4 is 29.9 Å². The van der Waals surface area contributed by atoms with Gasteiger partial charge in [-0.1, -0.05) is 17.7 Å². The molecule has 0 saturated carbocycles. The predicted molar refractivity (Wildman–Crippen MR) is 110 cm³/mol. The van der Waals surface area contributed by atoms with Gasteiger partial charge in [-0.3, -0.25) is 0 Å². The van der Waals surface area contributed by atoms with Gasteiger partial charge in [-0.25, -0.2) is 4.99 Å². The van der Waals surface area contributed by atoms with Gasteiger partial charge in [-0.05, 0) is 31.5 Å². The molecule has 1 aromatic heterocycles. The second-order valence-corrected chi connectivity index (χ2v) is 5.72. The van der Waals surface area contributed by atoms with Crippen molar-refractivity contribution in [2.24, 2.45) is 12.0 Å². The van der Waals surface area contributed by atoms with Crippen LogP contribution in [0.3, 0.4) is 0 Å². The van der Waals surface area contributed by atoms with Crippen molar-refractivity contribution in [2.75, 3.05) is 6.54 Å². The standard InChI is InChI=1S/C18H24F2N4O.HI/c1-4-21-18(22-10-14-7-8-24(3)12-14)23-11-15-9-13(2)5-6-16(15)25-17(19)20;/h5-9,12,17H,4,10-11H2,1-3H3,(H2,21,22,23);1H. The Hall–Kier alpha value is -1.84. The van der Waals surface area contributed by atoms with Crippen LogP contribution in [-0.4, -0.2) is 23.7 Å². The summed E-state index contributed by atoms with van der Waals surface area (Å²) in [4.78, 5) is 4.52. The molecule has 5 nitrogen and oxygen atoms in total. The number of halogens is 3. The number of aliphatic imine (C=N–C) groups is 1. The maximum Gasteiger partial charge on any atom is 0.387 e. The minimum Gasteiger partial charge on any atom is -0.434 e. The van der Waals surface area contributed by atoms with E-state index in [0.29, 0.717) is 31.2 Å². The lowest BCUT2D eigenvalue weighted by Gasteiger charge is -2.15. The Kier molecular flexibility index (Phi) is 9.39. The lowest BCUT2D eigenvalue weighted by atomic mass is 10.1. The number of aryl methyl sites for hydroxylation is 2. The number of nitrogens with zero attached hydrogens (tertiary/aromatic N) is 2. The van der Waals surface area contributed by atoms with E-state index in [2.05, 4.69) is 20.4 Å². The highest BCUT2D eigenvalue weighted by Gasteiger charge is 2.10. The molecule has 8 heteroatoms. The fourth-order valence-electron chi connectivity index (χ4n) is 2.40. The number of aromatic nitrogens is 1. The quantitative estimate of drug-likeness (QED) is 0.362. The van der Waals surface area contributed by atoms with E-state index in [-0.39, 0.29) is 29.7 Å². The van der Waals surface area contributed by atoms with Crippen LogP contribution in [-0.2, 0) is 20.1 Å². The molecule has 2 rings (SSSR count). The first kappa shape index (κ1) is 22.2. The Morgan fingerprint density at radius 3 is 2.65 bits per heavy atom. The average molecular weight is 478 g/mol. The van der Waals surface area contributed by atoms with Crippen LogP contribution in [0, 0.1) is 6.92 Å². The van der Waals surface area contributed by atoms with E-state index in [1.54, 1.807) is 12.1 Å². The first-order valence-electron chi connectivity index (χ1n) is 8.15. The number of rotatable bonds is 7. The molecule has 0 spiro atoms. The lowest BCUT2D eigenvalue weighted by molar-refractivity contribution is -0.0504. The Morgan fingerprint density at radius 2 is 2.04 bits per heavy atom. The number of alkyl halides is 2. The van der Waals surface area contributed by atoms with Gasteiger partial charge in [0.25, 0.3) is 0 Å². The molecule has 1 aromatic carbocycles. The summed E-state index contributed by atoms with van der Waals surface area (Å²) in [5, 5.41) is 6.31. The fourth-order valence-corrected chi connectivity index (χ4v) is 2.40. The predicted octanol–water partition coefficient (Wildman–Crippen LogP) is 3.81. The van der Waals surface area contributed by atoms with Crippen molar-refractivity contribution in [2.45, 2.75) is 33.5 Å². The van der Waals surface area contributed by atoms with Crippen molar-refractivity contribution in [3.05, 3.63) is 53.3 Å². The van der Waals surface area contributed by atoms with Crippen LogP contribution in [0.2, 0.25) is 0 Å². The summed E-state index contributed by atoms with van der Waals surface area (Å²) >= 11 is 0. The largest absolute Gasteiger partial charge is 0.434 e. The molecule has 2 N–H and O–H groups in total. The van der Waals surface area contributed by atoms with Crippen molar-refractivity contribution in [1.29, 1.82) is 0 Å². The van der Waals surface area contributed by atoms with Gasteiger partial charge in [0, 0.05) is 38.1 Å². The monoisotopic (exact) mass is 478 g/mol. The lowest BCUT2D eigenvalue weighted by Crippen LogP contribution is -2.36. The second kappa shape index (κ2) is 11.0. The first-order valence-corrected chi connectivity index (χ1v) is 8.15. The molecule has 0 atom stereocenters. The zero-order chi connectivity index (χ0) is 18.2. The van der Waals surface area contributed by atoms with Crippen LogP contribution in [0.15, 0.2) is 41.7 Å². The molecular weight excluding hydrogens is 453 g/mol. The van der Waals surface area contributed by atoms with Crippen LogP contribution >= 0.6 is 24.0 Å². The summed E-state index contributed by atoms with van der Waals surface area (Å²) in [6, 6.07) is 7.14.